The lowest BCUT2D eigenvalue weighted by atomic mass is 10.1. The van der Waals surface area contributed by atoms with Gasteiger partial charge in [-0.2, -0.15) is 0 Å². The second-order valence-corrected chi connectivity index (χ2v) is 5.15. The minimum atomic E-state index is -0.986. The predicted octanol–water partition coefficient (Wildman–Crippen LogP) is 1.87. The van der Waals surface area contributed by atoms with Crippen LogP contribution in [0.5, 0.6) is 0 Å². The van der Waals surface area contributed by atoms with Crippen molar-refractivity contribution in [3.05, 3.63) is 78.3 Å². The number of aliphatic hydroxyl groups excluding tert-OH is 1. The highest BCUT2D eigenvalue weighted by atomic mass is 19.1. The number of hydrogen-bond donors (Lipinski definition) is 2. The van der Waals surface area contributed by atoms with Crippen molar-refractivity contribution < 1.29 is 14.3 Å². The molecule has 0 radical (unpaired) electrons. The molecule has 0 bridgehead atoms. The van der Waals surface area contributed by atoms with Gasteiger partial charge in [-0.25, -0.2) is 14.4 Å². The van der Waals surface area contributed by atoms with E-state index in [-0.39, 0.29) is 12.5 Å². The maximum absolute atomic E-state index is 13.2. The molecule has 0 saturated carbocycles. The van der Waals surface area contributed by atoms with Crippen LogP contribution < -0.4 is 5.32 Å². The van der Waals surface area contributed by atoms with Crippen LogP contribution in [0.15, 0.2) is 61.3 Å². The Morgan fingerprint density at radius 3 is 2.92 bits per heavy atom. The van der Waals surface area contributed by atoms with E-state index in [1.165, 1.54) is 24.4 Å². The van der Waals surface area contributed by atoms with Crippen LogP contribution in [0.4, 0.5) is 4.39 Å². The molecule has 0 aliphatic carbocycles. The Morgan fingerprint density at radius 2 is 2.17 bits per heavy atom. The van der Waals surface area contributed by atoms with Crippen LogP contribution >= 0.6 is 0 Å². The van der Waals surface area contributed by atoms with Crippen molar-refractivity contribution >= 4 is 5.91 Å². The van der Waals surface area contributed by atoms with E-state index >= 15 is 0 Å². The summed E-state index contributed by atoms with van der Waals surface area (Å²) in [7, 11) is 0. The van der Waals surface area contributed by atoms with Gasteiger partial charge in [-0.15, -0.1) is 0 Å². The molecule has 2 N–H and O–H groups in total. The van der Waals surface area contributed by atoms with Crippen molar-refractivity contribution in [3.63, 3.8) is 0 Å². The molecule has 1 unspecified atom stereocenters. The molecule has 122 valence electrons. The summed E-state index contributed by atoms with van der Waals surface area (Å²) in [6, 6.07) is 8.83. The standard InChI is InChI=1S/C17H15FN4O2/c18-14-3-1-2-12(8-14)15(23)10-21-17(24)13-4-5-20-16(9-13)22-7-6-19-11-22/h1-9,11,15,23H,10H2,(H,21,24). The van der Waals surface area contributed by atoms with E-state index in [1.807, 2.05) is 0 Å². The van der Waals surface area contributed by atoms with Crippen molar-refractivity contribution in [2.75, 3.05) is 6.54 Å². The van der Waals surface area contributed by atoms with Crippen LogP contribution in [0.1, 0.15) is 22.0 Å². The fourth-order valence-electron chi connectivity index (χ4n) is 2.22. The summed E-state index contributed by atoms with van der Waals surface area (Å²) in [5.74, 6) is -0.225. The van der Waals surface area contributed by atoms with Crippen LogP contribution in [0, 0.1) is 5.82 Å². The van der Waals surface area contributed by atoms with Gasteiger partial charge in [0.2, 0.25) is 0 Å². The van der Waals surface area contributed by atoms with E-state index < -0.39 is 11.9 Å². The van der Waals surface area contributed by atoms with Gasteiger partial charge in [0, 0.05) is 30.7 Å². The minimum Gasteiger partial charge on any atom is -0.387 e. The Hall–Kier alpha value is -3.06. The van der Waals surface area contributed by atoms with Gasteiger partial charge in [-0.3, -0.25) is 9.36 Å². The molecular formula is C17H15FN4O2. The van der Waals surface area contributed by atoms with E-state index in [0.717, 1.165) is 0 Å². The lowest BCUT2D eigenvalue weighted by molar-refractivity contribution is 0.0916. The normalized spacial score (nSPS) is 11.9. The molecule has 0 fully saturated rings. The molecule has 0 aliphatic heterocycles. The molecule has 2 aromatic heterocycles. The molecule has 3 aromatic rings. The second kappa shape index (κ2) is 7.01. The number of aromatic nitrogens is 3. The zero-order chi connectivity index (χ0) is 16.9. The fraction of sp³-hybridized carbons (Fsp3) is 0.118. The van der Waals surface area contributed by atoms with Crippen LogP contribution in [0.3, 0.4) is 0 Å². The second-order valence-electron chi connectivity index (χ2n) is 5.15. The predicted molar refractivity (Wildman–Crippen MR) is 85.1 cm³/mol. The first kappa shape index (κ1) is 15.8. The summed E-state index contributed by atoms with van der Waals surface area (Å²) >= 11 is 0. The van der Waals surface area contributed by atoms with Gasteiger partial charge in [0.25, 0.3) is 5.91 Å². The number of carbonyl (C=O) groups is 1. The number of pyridine rings is 1. The van der Waals surface area contributed by atoms with E-state index in [0.29, 0.717) is 16.9 Å². The smallest absolute Gasteiger partial charge is 0.251 e. The number of benzene rings is 1. The molecule has 1 amide bonds. The Balaban J connectivity index is 1.66. The van der Waals surface area contributed by atoms with Crippen molar-refractivity contribution in [2.45, 2.75) is 6.10 Å². The largest absolute Gasteiger partial charge is 0.387 e. The zero-order valence-corrected chi connectivity index (χ0v) is 12.6. The molecule has 1 atom stereocenters. The third kappa shape index (κ3) is 3.64. The molecule has 1 aromatic carbocycles. The monoisotopic (exact) mass is 326 g/mol. The van der Waals surface area contributed by atoms with Gasteiger partial charge in [0.1, 0.15) is 18.0 Å². The highest BCUT2D eigenvalue weighted by molar-refractivity contribution is 5.94. The van der Waals surface area contributed by atoms with Gasteiger partial charge in [-0.05, 0) is 29.8 Å². The van der Waals surface area contributed by atoms with Gasteiger partial charge >= 0.3 is 0 Å². The maximum Gasteiger partial charge on any atom is 0.251 e. The average molecular weight is 326 g/mol. The van der Waals surface area contributed by atoms with Crippen LogP contribution in [-0.4, -0.2) is 32.1 Å². The van der Waals surface area contributed by atoms with E-state index in [1.54, 1.807) is 41.5 Å². The molecule has 0 aliphatic rings. The summed E-state index contributed by atoms with van der Waals surface area (Å²) in [5.41, 5.74) is 0.810. The number of aliphatic hydroxyl groups is 1. The Morgan fingerprint density at radius 1 is 1.29 bits per heavy atom. The fourth-order valence-corrected chi connectivity index (χ4v) is 2.22. The third-order valence-corrected chi connectivity index (χ3v) is 3.47. The number of amides is 1. The summed E-state index contributed by atoms with van der Waals surface area (Å²) in [6.07, 6.45) is 5.45. The Kier molecular flexibility index (Phi) is 4.62. The first-order valence-electron chi connectivity index (χ1n) is 7.29. The van der Waals surface area contributed by atoms with E-state index in [2.05, 4.69) is 15.3 Å². The van der Waals surface area contributed by atoms with Crippen LogP contribution in [0.25, 0.3) is 5.82 Å². The first-order chi connectivity index (χ1) is 11.6. The number of nitrogens with one attached hydrogen (secondary N) is 1. The first-order valence-corrected chi connectivity index (χ1v) is 7.29. The minimum absolute atomic E-state index is 0.0228. The summed E-state index contributed by atoms with van der Waals surface area (Å²) < 4.78 is 14.8. The molecule has 2 heterocycles. The van der Waals surface area contributed by atoms with Gasteiger partial charge in [0.15, 0.2) is 0 Å². The number of nitrogens with zero attached hydrogens (tertiary/aromatic N) is 3. The van der Waals surface area contributed by atoms with Crippen LogP contribution in [-0.2, 0) is 0 Å². The molecule has 7 heteroatoms. The van der Waals surface area contributed by atoms with Gasteiger partial charge in [0.05, 0.1) is 6.10 Å². The van der Waals surface area contributed by atoms with Gasteiger partial charge in [-0.1, -0.05) is 12.1 Å². The van der Waals surface area contributed by atoms with Crippen molar-refractivity contribution in [3.8, 4) is 5.82 Å². The third-order valence-electron chi connectivity index (χ3n) is 3.47. The number of rotatable bonds is 5. The molecule has 6 nitrogen and oxygen atoms in total. The molecule has 0 spiro atoms. The van der Waals surface area contributed by atoms with Crippen LogP contribution in [0.2, 0.25) is 0 Å². The lowest BCUT2D eigenvalue weighted by Gasteiger charge is -2.12. The quantitative estimate of drug-likeness (QED) is 0.750. The lowest BCUT2D eigenvalue weighted by Crippen LogP contribution is -2.28. The zero-order valence-electron chi connectivity index (χ0n) is 12.6. The molecule has 3 rings (SSSR count). The average Bonchev–Trinajstić information content (AvgIpc) is 3.14. The SMILES string of the molecule is O=C(NCC(O)c1cccc(F)c1)c1ccnc(-n2ccnc2)c1. The molecule has 0 saturated heterocycles. The molecule has 24 heavy (non-hydrogen) atoms. The molecular weight excluding hydrogens is 311 g/mol. The number of halogens is 1. The van der Waals surface area contributed by atoms with Crippen molar-refractivity contribution in [2.24, 2.45) is 0 Å². The number of imidazole rings is 1. The van der Waals surface area contributed by atoms with E-state index in [4.69, 9.17) is 0 Å². The highest BCUT2D eigenvalue weighted by Gasteiger charge is 2.12. The van der Waals surface area contributed by atoms with Gasteiger partial charge < -0.3 is 10.4 Å². The van der Waals surface area contributed by atoms with E-state index in [9.17, 15) is 14.3 Å². The van der Waals surface area contributed by atoms with Crippen molar-refractivity contribution in [1.29, 1.82) is 0 Å². The summed E-state index contributed by atoms with van der Waals surface area (Å²) in [6.45, 7) is -0.0228. The summed E-state index contributed by atoms with van der Waals surface area (Å²) in [4.78, 5) is 20.3. The number of carbonyl (C=O) groups excluding carboxylic acids is 1. The summed E-state index contributed by atoms with van der Waals surface area (Å²) in [5, 5.41) is 12.7. The number of hydrogen-bond acceptors (Lipinski definition) is 4. The Labute approximate surface area is 137 Å². The maximum atomic E-state index is 13.2. The topological polar surface area (TPSA) is 80.0 Å². The highest BCUT2D eigenvalue weighted by Crippen LogP contribution is 2.13. The Bertz CT molecular complexity index is 836. The van der Waals surface area contributed by atoms with Crippen molar-refractivity contribution in [1.82, 2.24) is 19.9 Å².